The van der Waals surface area contributed by atoms with Gasteiger partial charge in [0.2, 0.25) is 0 Å². The average molecular weight is 295 g/mol. The van der Waals surface area contributed by atoms with E-state index in [4.69, 9.17) is 15.5 Å². The summed E-state index contributed by atoms with van der Waals surface area (Å²) in [6, 6.07) is 10.2. The number of nitrogens with two attached hydrogens (primary N) is 1. The number of benzene rings is 1. The molecule has 4 heteroatoms. The smallest absolute Gasteiger partial charge is 0.139 e. The van der Waals surface area contributed by atoms with Gasteiger partial charge < -0.3 is 10.5 Å². The Morgan fingerprint density at radius 3 is 2.64 bits per heavy atom. The van der Waals surface area contributed by atoms with Crippen LogP contribution in [0.5, 0.6) is 5.75 Å². The first-order valence-electron chi connectivity index (χ1n) is 7.43. The number of pyridine rings is 1. The van der Waals surface area contributed by atoms with Crippen molar-refractivity contribution in [1.29, 1.82) is 0 Å². The number of aryl methyl sites for hydroxylation is 1. The molecule has 2 N–H and O–H groups in total. The Morgan fingerprint density at radius 2 is 1.95 bits per heavy atom. The molecule has 0 saturated heterocycles. The number of ether oxygens (including phenoxy) is 1. The molecule has 0 amide bonds. The second-order valence-electron chi connectivity index (χ2n) is 5.89. The molecule has 2 aromatic heterocycles. The lowest BCUT2D eigenvalue weighted by Gasteiger charge is -2.13. The summed E-state index contributed by atoms with van der Waals surface area (Å²) in [6.07, 6.45) is 1.96. The van der Waals surface area contributed by atoms with Crippen LogP contribution in [0.1, 0.15) is 30.9 Å². The van der Waals surface area contributed by atoms with Gasteiger partial charge in [0.05, 0.1) is 7.11 Å². The summed E-state index contributed by atoms with van der Waals surface area (Å²) in [6.45, 7) is 6.35. The van der Waals surface area contributed by atoms with E-state index >= 15 is 0 Å². The van der Waals surface area contributed by atoms with E-state index in [1.165, 1.54) is 5.56 Å². The van der Waals surface area contributed by atoms with Gasteiger partial charge in [-0.3, -0.25) is 4.40 Å². The molecule has 0 aliphatic carbocycles. The van der Waals surface area contributed by atoms with E-state index in [0.717, 1.165) is 28.2 Å². The summed E-state index contributed by atoms with van der Waals surface area (Å²) in [5.41, 5.74) is 11.3. The number of nitrogen functional groups attached to an aromatic ring is 1. The third-order valence-corrected chi connectivity index (χ3v) is 3.94. The topological polar surface area (TPSA) is 52.5 Å². The molecule has 0 aliphatic rings. The van der Waals surface area contributed by atoms with Crippen LogP contribution in [0, 0.1) is 6.92 Å². The largest absolute Gasteiger partial charge is 0.496 e. The zero-order valence-corrected chi connectivity index (χ0v) is 13.4. The highest BCUT2D eigenvalue weighted by atomic mass is 16.5. The summed E-state index contributed by atoms with van der Waals surface area (Å²) in [4.78, 5) is 4.70. The van der Waals surface area contributed by atoms with Gasteiger partial charge in [0, 0.05) is 11.8 Å². The van der Waals surface area contributed by atoms with E-state index in [0.29, 0.717) is 11.7 Å². The summed E-state index contributed by atoms with van der Waals surface area (Å²) < 4.78 is 7.36. The van der Waals surface area contributed by atoms with E-state index in [1.807, 2.05) is 34.9 Å². The number of rotatable bonds is 3. The molecule has 114 valence electrons. The minimum absolute atomic E-state index is 0.371. The maximum absolute atomic E-state index is 6.29. The van der Waals surface area contributed by atoms with Crippen LogP contribution in [0.2, 0.25) is 0 Å². The van der Waals surface area contributed by atoms with Crippen molar-refractivity contribution >= 4 is 11.5 Å². The van der Waals surface area contributed by atoms with Crippen molar-refractivity contribution in [3.8, 4) is 17.0 Å². The molecule has 1 aromatic carbocycles. The van der Waals surface area contributed by atoms with E-state index in [9.17, 15) is 0 Å². The Labute approximate surface area is 130 Å². The predicted molar refractivity (Wildman–Crippen MR) is 90.4 cm³/mol. The Kier molecular flexibility index (Phi) is 3.53. The monoisotopic (exact) mass is 295 g/mol. The maximum atomic E-state index is 6.29. The molecular formula is C18H21N3O. The second-order valence-corrected chi connectivity index (χ2v) is 5.89. The maximum Gasteiger partial charge on any atom is 0.139 e. The summed E-state index contributed by atoms with van der Waals surface area (Å²) in [5, 5.41) is 0. The summed E-state index contributed by atoms with van der Waals surface area (Å²) in [7, 11) is 1.70. The summed E-state index contributed by atoms with van der Waals surface area (Å²) >= 11 is 0. The molecule has 0 fully saturated rings. The molecule has 3 aromatic rings. The number of nitrogens with zero attached hydrogens (tertiary/aromatic N) is 2. The van der Waals surface area contributed by atoms with E-state index in [-0.39, 0.29) is 0 Å². The van der Waals surface area contributed by atoms with Crippen molar-refractivity contribution in [1.82, 2.24) is 9.38 Å². The van der Waals surface area contributed by atoms with E-state index < -0.39 is 0 Å². The molecule has 22 heavy (non-hydrogen) atoms. The van der Waals surface area contributed by atoms with Gasteiger partial charge in [-0.05, 0) is 54.3 Å². The van der Waals surface area contributed by atoms with Gasteiger partial charge in [-0.1, -0.05) is 13.8 Å². The van der Waals surface area contributed by atoms with Gasteiger partial charge in [-0.2, -0.15) is 0 Å². The standard InChI is InChI=1S/C18H21N3O/c1-11(2)14-10-13(5-6-15(14)22-4)17-18(19)21-8-7-12(3)9-16(21)20-17/h5-11H,19H2,1-4H3. The van der Waals surface area contributed by atoms with Crippen molar-refractivity contribution in [2.24, 2.45) is 0 Å². The molecule has 0 atom stereocenters. The molecule has 0 bridgehead atoms. The van der Waals surface area contributed by atoms with Crippen molar-refractivity contribution in [3.63, 3.8) is 0 Å². The zero-order valence-electron chi connectivity index (χ0n) is 13.4. The highest BCUT2D eigenvalue weighted by Crippen LogP contribution is 2.33. The lowest BCUT2D eigenvalue weighted by atomic mass is 9.98. The molecule has 0 unspecified atom stereocenters. The van der Waals surface area contributed by atoms with Crippen LogP contribution in [0.15, 0.2) is 36.5 Å². The number of fused-ring (bicyclic) bond motifs is 1. The van der Waals surface area contributed by atoms with Crippen molar-refractivity contribution in [2.45, 2.75) is 26.7 Å². The number of hydrogen-bond acceptors (Lipinski definition) is 3. The molecule has 0 aliphatic heterocycles. The quantitative estimate of drug-likeness (QED) is 0.794. The Balaban J connectivity index is 2.19. The lowest BCUT2D eigenvalue weighted by molar-refractivity contribution is 0.407. The Bertz CT molecular complexity index is 834. The molecule has 0 radical (unpaired) electrons. The highest BCUT2D eigenvalue weighted by Gasteiger charge is 2.15. The molecule has 4 nitrogen and oxygen atoms in total. The van der Waals surface area contributed by atoms with Crippen LogP contribution in [0.25, 0.3) is 16.9 Å². The first-order valence-corrected chi connectivity index (χ1v) is 7.43. The number of methoxy groups -OCH3 is 1. The minimum atomic E-state index is 0.371. The fourth-order valence-corrected chi connectivity index (χ4v) is 2.71. The van der Waals surface area contributed by atoms with Crippen LogP contribution in [0.3, 0.4) is 0 Å². The third-order valence-electron chi connectivity index (χ3n) is 3.94. The minimum Gasteiger partial charge on any atom is -0.496 e. The summed E-state index contributed by atoms with van der Waals surface area (Å²) in [5.74, 6) is 1.93. The fraction of sp³-hybridized carbons (Fsp3) is 0.278. The van der Waals surface area contributed by atoms with Crippen LogP contribution >= 0.6 is 0 Å². The molecule has 0 saturated carbocycles. The van der Waals surface area contributed by atoms with Crippen molar-refractivity contribution in [3.05, 3.63) is 47.7 Å². The highest BCUT2D eigenvalue weighted by molar-refractivity contribution is 5.76. The number of anilines is 1. The van der Waals surface area contributed by atoms with Crippen molar-refractivity contribution in [2.75, 3.05) is 12.8 Å². The van der Waals surface area contributed by atoms with Crippen LogP contribution in [-0.2, 0) is 0 Å². The molecule has 0 spiro atoms. The lowest BCUT2D eigenvalue weighted by Crippen LogP contribution is -1.97. The van der Waals surface area contributed by atoms with Gasteiger partial charge in [-0.15, -0.1) is 0 Å². The van der Waals surface area contributed by atoms with Gasteiger partial charge in [-0.25, -0.2) is 4.98 Å². The number of imidazole rings is 1. The van der Waals surface area contributed by atoms with Crippen LogP contribution in [0.4, 0.5) is 5.82 Å². The molecule has 2 heterocycles. The first-order chi connectivity index (χ1) is 10.5. The van der Waals surface area contributed by atoms with Gasteiger partial charge in [0.15, 0.2) is 0 Å². The van der Waals surface area contributed by atoms with E-state index in [1.54, 1.807) is 7.11 Å². The van der Waals surface area contributed by atoms with Crippen LogP contribution in [-0.4, -0.2) is 16.5 Å². The van der Waals surface area contributed by atoms with Crippen molar-refractivity contribution < 1.29 is 4.74 Å². The van der Waals surface area contributed by atoms with Gasteiger partial charge in [0.1, 0.15) is 22.9 Å². The van der Waals surface area contributed by atoms with Crippen LogP contribution < -0.4 is 10.5 Å². The predicted octanol–water partition coefficient (Wildman–Crippen LogP) is 4.02. The van der Waals surface area contributed by atoms with E-state index in [2.05, 4.69) is 26.8 Å². The normalized spacial score (nSPS) is 11.3. The SMILES string of the molecule is COc1ccc(-c2nc3cc(C)ccn3c2N)cc1C(C)C. The number of aromatic nitrogens is 2. The average Bonchev–Trinajstić information content (AvgIpc) is 2.82. The third kappa shape index (κ3) is 2.30. The fourth-order valence-electron chi connectivity index (χ4n) is 2.71. The van der Waals surface area contributed by atoms with Gasteiger partial charge >= 0.3 is 0 Å². The molecular weight excluding hydrogens is 274 g/mol. The Hall–Kier alpha value is -2.49. The number of hydrogen-bond donors (Lipinski definition) is 1. The first kappa shape index (κ1) is 14.4. The second kappa shape index (κ2) is 5.37. The van der Waals surface area contributed by atoms with Gasteiger partial charge in [0.25, 0.3) is 0 Å². The molecule has 3 rings (SSSR count). The zero-order chi connectivity index (χ0) is 15.9. The Morgan fingerprint density at radius 1 is 1.18 bits per heavy atom.